The number of thioether (sulfide) groups is 1. The molecule has 0 saturated carbocycles. The van der Waals surface area contributed by atoms with Gasteiger partial charge in [0.2, 0.25) is 11.8 Å². The first-order chi connectivity index (χ1) is 8.86. The smallest absolute Gasteiger partial charge is 0.326 e. The summed E-state index contributed by atoms with van der Waals surface area (Å²) in [4.78, 5) is 43.6. The molecule has 4 N–H and O–H groups in total. The van der Waals surface area contributed by atoms with Gasteiger partial charge in [-0.2, -0.15) is 11.8 Å². The van der Waals surface area contributed by atoms with Crippen LogP contribution in [0.3, 0.4) is 0 Å². The van der Waals surface area contributed by atoms with E-state index in [2.05, 4.69) is 10.1 Å². The van der Waals surface area contributed by atoms with Crippen molar-refractivity contribution in [3.05, 3.63) is 0 Å². The number of methoxy groups -OCH3 is 1. The van der Waals surface area contributed by atoms with Crippen LogP contribution in [-0.4, -0.2) is 53.5 Å². The Hall–Kier alpha value is -1.77. The lowest BCUT2D eigenvalue weighted by atomic mass is 10.2. The number of aliphatic carboxylic acids is 1. The fourth-order valence-electron chi connectivity index (χ4n) is 1.05. The van der Waals surface area contributed by atoms with E-state index >= 15 is 0 Å². The second-order valence-electron chi connectivity index (χ2n) is 3.51. The Morgan fingerprint density at radius 1 is 1.37 bits per heavy atom. The number of nitrogens with one attached hydrogen (secondary N) is 1. The molecule has 0 aliphatic heterocycles. The first kappa shape index (κ1) is 17.2. The van der Waals surface area contributed by atoms with Gasteiger partial charge in [0.15, 0.2) is 0 Å². The number of carbonyl (C=O) groups is 4. The third kappa shape index (κ3) is 8.89. The Balaban J connectivity index is 4.07. The average molecular weight is 292 g/mol. The number of carboxylic acids is 1. The molecule has 8 nitrogen and oxygen atoms in total. The minimum atomic E-state index is -1.32. The zero-order valence-electron chi connectivity index (χ0n) is 10.4. The second-order valence-corrected chi connectivity index (χ2v) is 4.61. The topological polar surface area (TPSA) is 136 Å². The molecule has 0 rings (SSSR count). The van der Waals surface area contributed by atoms with Crippen molar-refractivity contribution in [2.45, 2.75) is 18.9 Å². The van der Waals surface area contributed by atoms with Crippen molar-refractivity contribution in [3.63, 3.8) is 0 Å². The van der Waals surface area contributed by atoms with Gasteiger partial charge in [-0.3, -0.25) is 14.4 Å². The maximum absolute atomic E-state index is 11.4. The normalized spacial score (nSPS) is 11.4. The summed E-state index contributed by atoms with van der Waals surface area (Å²) in [5.41, 5.74) is 4.91. The molecule has 0 spiro atoms. The van der Waals surface area contributed by atoms with Gasteiger partial charge in [0.1, 0.15) is 6.04 Å². The minimum Gasteiger partial charge on any atom is -0.480 e. The predicted octanol–water partition coefficient (Wildman–Crippen LogP) is -1.27. The van der Waals surface area contributed by atoms with Gasteiger partial charge in [-0.15, -0.1) is 0 Å². The van der Waals surface area contributed by atoms with E-state index in [1.54, 1.807) is 0 Å². The summed E-state index contributed by atoms with van der Waals surface area (Å²) in [5.74, 6) is -2.62. The van der Waals surface area contributed by atoms with E-state index in [0.717, 1.165) is 7.11 Å². The van der Waals surface area contributed by atoms with Crippen molar-refractivity contribution in [3.8, 4) is 0 Å². The van der Waals surface area contributed by atoms with E-state index in [-0.39, 0.29) is 12.2 Å². The number of hydrogen-bond acceptors (Lipinski definition) is 6. The summed E-state index contributed by atoms with van der Waals surface area (Å²) in [6.07, 6.45) is -0.408. The summed E-state index contributed by atoms with van der Waals surface area (Å²) < 4.78 is 4.33. The largest absolute Gasteiger partial charge is 0.480 e. The van der Waals surface area contributed by atoms with Gasteiger partial charge in [-0.1, -0.05) is 0 Å². The lowest BCUT2D eigenvalue weighted by Crippen LogP contribution is -2.42. The Bertz CT molecular complexity index is 360. The van der Waals surface area contributed by atoms with E-state index in [1.165, 1.54) is 11.8 Å². The molecule has 19 heavy (non-hydrogen) atoms. The highest BCUT2D eigenvalue weighted by molar-refractivity contribution is 7.99. The van der Waals surface area contributed by atoms with Crippen LogP contribution in [0.15, 0.2) is 0 Å². The van der Waals surface area contributed by atoms with E-state index in [1.807, 2.05) is 0 Å². The molecule has 9 heteroatoms. The first-order valence-corrected chi connectivity index (χ1v) is 6.47. The lowest BCUT2D eigenvalue weighted by molar-refractivity contribution is -0.148. The maximum Gasteiger partial charge on any atom is 0.326 e. The summed E-state index contributed by atoms with van der Waals surface area (Å²) in [7, 11) is 1.13. The van der Waals surface area contributed by atoms with Crippen molar-refractivity contribution in [1.82, 2.24) is 5.32 Å². The molecule has 0 aromatic rings. The van der Waals surface area contributed by atoms with Crippen LogP contribution in [0.1, 0.15) is 12.8 Å². The SMILES string of the molecule is COC(=O)C[C@H](NC(=O)CCSCC(N)=O)C(=O)O. The van der Waals surface area contributed by atoms with E-state index in [9.17, 15) is 19.2 Å². The van der Waals surface area contributed by atoms with E-state index < -0.39 is 36.2 Å². The van der Waals surface area contributed by atoms with Gasteiger partial charge in [-0.05, 0) is 0 Å². The quantitative estimate of drug-likeness (QED) is 0.356. The fraction of sp³-hybridized carbons (Fsp3) is 0.600. The molecule has 0 aliphatic carbocycles. The van der Waals surface area contributed by atoms with Gasteiger partial charge >= 0.3 is 11.9 Å². The van der Waals surface area contributed by atoms with Crippen LogP contribution in [0.25, 0.3) is 0 Å². The van der Waals surface area contributed by atoms with Crippen LogP contribution in [0.5, 0.6) is 0 Å². The average Bonchev–Trinajstić information content (AvgIpc) is 2.33. The molecule has 2 amide bonds. The van der Waals surface area contributed by atoms with Crippen LogP contribution in [-0.2, 0) is 23.9 Å². The van der Waals surface area contributed by atoms with E-state index in [0.29, 0.717) is 5.75 Å². The number of carboxylic acid groups (broad SMARTS) is 1. The van der Waals surface area contributed by atoms with Gasteiger partial charge < -0.3 is 20.9 Å². The first-order valence-electron chi connectivity index (χ1n) is 5.31. The van der Waals surface area contributed by atoms with Crippen molar-refractivity contribution in [2.24, 2.45) is 5.73 Å². The van der Waals surface area contributed by atoms with Crippen LogP contribution < -0.4 is 11.1 Å². The second kappa shape index (κ2) is 9.20. The molecular weight excluding hydrogens is 276 g/mol. The molecule has 1 atom stereocenters. The molecule has 0 bridgehead atoms. The zero-order valence-corrected chi connectivity index (χ0v) is 11.2. The van der Waals surface area contributed by atoms with Crippen LogP contribution in [0.4, 0.5) is 0 Å². The Morgan fingerprint density at radius 2 is 2.00 bits per heavy atom. The Labute approximate surface area is 114 Å². The molecule has 0 aromatic heterocycles. The fourth-order valence-corrected chi connectivity index (χ4v) is 1.73. The molecule has 0 unspecified atom stereocenters. The van der Waals surface area contributed by atoms with E-state index in [4.69, 9.17) is 10.8 Å². The Morgan fingerprint density at radius 3 is 2.47 bits per heavy atom. The molecule has 0 aromatic carbocycles. The zero-order chi connectivity index (χ0) is 14.8. The highest BCUT2D eigenvalue weighted by Crippen LogP contribution is 2.02. The van der Waals surface area contributed by atoms with Gasteiger partial charge in [-0.25, -0.2) is 4.79 Å². The van der Waals surface area contributed by atoms with Crippen molar-refractivity contribution < 1.29 is 29.0 Å². The van der Waals surface area contributed by atoms with Crippen LogP contribution in [0.2, 0.25) is 0 Å². The summed E-state index contributed by atoms with van der Waals surface area (Å²) in [6, 6.07) is -1.32. The molecule has 0 fully saturated rings. The van der Waals surface area contributed by atoms with Crippen LogP contribution in [0, 0.1) is 0 Å². The maximum atomic E-state index is 11.4. The van der Waals surface area contributed by atoms with Crippen molar-refractivity contribution in [2.75, 3.05) is 18.6 Å². The number of ether oxygens (including phenoxy) is 1. The lowest BCUT2D eigenvalue weighted by Gasteiger charge is -2.13. The third-order valence-corrected chi connectivity index (χ3v) is 2.93. The standard InChI is InChI=1S/C10H16N2O6S/c1-18-9(15)4-6(10(16)17)12-8(14)2-3-19-5-7(11)13/h6H,2-5H2,1H3,(H2,11,13)(H,12,14)(H,16,17)/t6-/m0/s1. The number of hydrogen-bond donors (Lipinski definition) is 3. The van der Waals surface area contributed by atoms with Crippen molar-refractivity contribution in [1.29, 1.82) is 0 Å². The molecule has 0 aliphatic rings. The number of rotatable bonds is 9. The minimum absolute atomic E-state index is 0.0307. The van der Waals surface area contributed by atoms with Crippen molar-refractivity contribution >= 4 is 35.5 Å². The molecule has 0 heterocycles. The third-order valence-electron chi connectivity index (χ3n) is 1.95. The van der Waals surface area contributed by atoms with Gasteiger partial charge in [0, 0.05) is 12.2 Å². The summed E-state index contributed by atoms with van der Waals surface area (Å²) in [5, 5.41) is 11.0. The van der Waals surface area contributed by atoms with Gasteiger partial charge in [0.25, 0.3) is 0 Å². The molecule has 108 valence electrons. The number of amides is 2. The number of esters is 1. The van der Waals surface area contributed by atoms with Gasteiger partial charge in [0.05, 0.1) is 19.3 Å². The highest BCUT2D eigenvalue weighted by atomic mass is 32.2. The number of primary amides is 1. The molecule has 0 saturated heterocycles. The highest BCUT2D eigenvalue weighted by Gasteiger charge is 2.23. The summed E-state index contributed by atoms with van der Waals surface area (Å²) in [6.45, 7) is 0. The predicted molar refractivity (Wildman–Crippen MR) is 67.3 cm³/mol. The molecule has 0 radical (unpaired) electrons. The molecular formula is C10H16N2O6S. The van der Waals surface area contributed by atoms with Crippen LogP contribution >= 0.6 is 11.8 Å². The monoisotopic (exact) mass is 292 g/mol. The Kier molecular flexibility index (Phi) is 8.34. The summed E-state index contributed by atoms with van der Waals surface area (Å²) >= 11 is 1.17. The number of carbonyl (C=O) groups excluding carboxylic acids is 3. The number of nitrogens with two attached hydrogens (primary N) is 1.